The van der Waals surface area contributed by atoms with Gasteiger partial charge in [-0.1, -0.05) is 19.9 Å². The number of nitrogens with zero attached hydrogens (tertiary/aromatic N) is 2. The SMILES string of the molecule is CCCN(CCc1cccnc1)C(=O)CC. The van der Waals surface area contributed by atoms with Crippen molar-refractivity contribution in [2.75, 3.05) is 13.1 Å². The van der Waals surface area contributed by atoms with Crippen LogP contribution in [-0.2, 0) is 11.2 Å². The summed E-state index contributed by atoms with van der Waals surface area (Å²) in [5, 5.41) is 0. The second kappa shape index (κ2) is 6.99. The van der Waals surface area contributed by atoms with E-state index in [0.717, 1.165) is 25.9 Å². The van der Waals surface area contributed by atoms with Gasteiger partial charge in [-0.15, -0.1) is 0 Å². The summed E-state index contributed by atoms with van der Waals surface area (Å²) in [6.07, 6.45) is 6.12. The summed E-state index contributed by atoms with van der Waals surface area (Å²) in [6, 6.07) is 3.98. The van der Waals surface area contributed by atoms with Crippen LogP contribution in [-0.4, -0.2) is 28.9 Å². The molecule has 0 fully saturated rings. The third-order valence-electron chi connectivity index (χ3n) is 2.54. The summed E-state index contributed by atoms with van der Waals surface area (Å²) < 4.78 is 0. The molecule has 0 spiro atoms. The van der Waals surface area contributed by atoms with Gasteiger partial charge in [0, 0.05) is 31.9 Å². The molecule has 3 nitrogen and oxygen atoms in total. The van der Waals surface area contributed by atoms with Crippen LogP contribution in [0.3, 0.4) is 0 Å². The zero-order chi connectivity index (χ0) is 11.8. The lowest BCUT2D eigenvalue weighted by Gasteiger charge is -2.21. The average Bonchev–Trinajstić information content (AvgIpc) is 2.34. The van der Waals surface area contributed by atoms with E-state index >= 15 is 0 Å². The van der Waals surface area contributed by atoms with E-state index in [9.17, 15) is 4.79 Å². The predicted molar refractivity (Wildman–Crippen MR) is 65.1 cm³/mol. The molecule has 3 heteroatoms. The minimum absolute atomic E-state index is 0.241. The Labute approximate surface area is 97.5 Å². The number of carbonyl (C=O) groups is 1. The molecule has 1 aromatic rings. The third kappa shape index (κ3) is 4.01. The number of carbonyl (C=O) groups excluding carboxylic acids is 1. The molecule has 0 bridgehead atoms. The molecule has 16 heavy (non-hydrogen) atoms. The monoisotopic (exact) mass is 220 g/mol. The molecule has 0 N–H and O–H groups in total. The highest BCUT2D eigenvalue weighted by molar-refractivity contribution is 5.75. The summed E-state index contributed by atoms with van der Waals surface area (Å²) >= 11 is 0. The first-order valence-corrected chi connectivity index (χ1v) is 5.94. The summed E-state index contributed by atoms with van der Waals surface area (Å²) in [5.74, 6) is 0.241. The Hall–Kier alpha value is -1.38. The first-order chi connectivity index (χ1) is 7.77. The fourth-order valence-electron chi connectivity index (χ4n) is 1.66. The van der Waals surface area contributed by atoms with Crippen molar-refractivity contribution in [1.29, 1.82) is 0 Å². The molecule has 1 aromatic heterocycles. The van der Waals surface area contributed by atoms with Gasteiger partial charge in [-0.3, -0.25) is 9.78 Å². The fraction of sp³-hybridized carbons (Fsp3) is 0.538. The van der Waals surface area contributed by atoms with Gasteiger partial charge < -0.3 is 4.90 Å². The summed E-state index contributed by atoms with van der Waals surface area (Å²) in [7, 11) is 0. The smallest absolute Gasteiger partial charge is 0.222 e. The molecule has 0 aliphatic carbocycles. The third-order valence-corrected chi connectivity index (χ3v) is 2.54. The van der Waals surface area contributed by atoms with Gasteiger partial charge in [0.25, 0.3) is 0 Å². The Morgan fingerprint density at radius 1 is 1.38 bits per heavy atom. The molecule has 1 amide bonds. The molecule has 0 saturated carbocycles. The highest BCUT2D eigenvalue weighted by atomic mass is 16.2. The van der Waals surface area contributed by atoms with Gasteiger partial charge in [-0.25, -0.2) is 0 Å². The minimum atomic E-state index is 0.241. The van der Waals surface area contributed by atoms with Crippen molar-refractivity contribution in [3.05, 3.63) is 30.1 Å². The Balaban J connectivity index is 2.47. The maximum Gasteiger partial charge on any atom is 0.222 e. The van der Waals surface area contributed by atoms with Crippen LogP contribution in [0.25, 0.3) is 0 Å². The van der Waals surface area contributed by atoms with E-state index in [1.165, 1.54) is 5.56 Å². The molecule has 0 saturated heterocycles. The molecule has 1 rings (SSSR count). The standard InChI is InChI=1S/C13H20N2O/c1-3-9-15(13(16)4-2)10-7-12-6-5-8-14-11-12/h5-6,8,11H,3-4,7,9-10H2,1-2H3. The quantitative estimate of drug-likeness (QED) is 0.737. The van der Waals surface area contributed by atoms with E-state index in [2.05, 4.69) is 11.9 Å². The lowest BCUT2D eigenvalue weighted by molar-refractivity contribution is -0.130. The van der Waals surface area contributed by atoms with Gasteiger partial charge in [0.2, 0.25) is 5.91 Å². The molecule has 0 aliphatic heterocycles. The van der Waals surface area contributed by atoms with E-state index in [4.69, 9.17) is 0 Å². The van der Waals surface area contributed by atoms with Crippen LogP contribution in [0.15, 0.2) is 24.5 Å². The Kier molecular flexibility index (Phi) is 5.54. The Morgan fingerprint density at radius 3 is 2.75 bits per heavy atom. The van der Waals surface area contributed by atoms with Gasteiger partial charge in [-0.05, 0) is 24.5 Å². The fourth-order valence-corrected chi connectivity index (χ4v) is 1.66. The normalized spacial score (nSPS) is 10.1. The zero-order valence-electron chi connectivity index (χ0n) is 10.1. The van der Waals surface area contributed by atoms with Gasteiger partial charge in [0.15, 0.2) is 0 Å². The van der Waals surface area contributed by atoms with Gasteiger partial charge in [0.05, 0.1) is 0 Å². The van der Waals surface area contributed by atoms with Crippen LogP contribution >= 0.6 is 0 Å². The molecule has 1 heterocycles. The maximum atomic E-state index is 11.6. The topological polar surface area (TPSA) is 33.2 Å². The van der Waals surface area contributed by atoms with Crippen LogP contribution in [0.2, 0.25) is 0 Å². The molecule has 88 valence electrons. The van der Waals surface area contributed by atoms with Crippen molar-refractivity contribution < 1.29 is 4.79 Å². The van der Waals surface area contributed by atoms with Crippen LogP contribution < -0.4 is 0 Å². The van der Waals surface area contributed by atoms with E-state index < -0.39 is 0 Å². The molecular formula is C13H20N2O. The number of pyridine rings is 1. The van der Waals surface area contributed by atoms with Crippen LogP contribution in [0.1, 0.15) is 32.3 Å². The van der Waals surface area contributed by atoms with Crippen molar-refractivity contribution in [2.24, 2.45) is 0 Å². The number of hydrogen-bond donors (Lipinski definition) is 0. The van der Waals surface area contributed by atoms with Crippen LogP contribution in [0.4, 0.5) is 0 Å². The van der Waals surface area contributed by atoms with E-state index in [-0.39, 0.29) is 5.91 Å². The first kappa shape index (κ1) is 12.7. The lowest BCUT2D eigenvalue weighted by Crippen LogP contribution is -2.33. The van der Waals surface area contributed by atoms with E-state index in [1.807, 2.05) is 30.2 Å². The number of amides is 1. The molecule has 0 unspecified atom stereocenters. The van der Waals surface area contributed by atoms with Gasteiger partial charge in [-0.2, -0.15) is 0 Å². The maximum absolute atomic E-state index is 11.6. The largest absolute Gasteiger partial charge is 0.342 e. The van der Waals surface area contributed by atoms with E-state index in [0.29, 0.717) is 6.42 Å². The van der Waals surface area contributed by atoms with Crippen LogP contribution in [0, 0.1) is 0 Å². The van der Waals surface area contributed by atoms with E-state index in [1.54, 1.807) is 6.20 Å². The second-order valence-corrected chi connectivity index (χ2v) is 3.85. The molecular weight excluding hydrogens is 200 g/mol. The molecule has 0 atom stereocenters. The van der Waals surface area contributed by atoms with Crippen molar-refractivity contribution in [3.8, 4) is 0 Å². The molecule has 0 aliphatic rings. The summed E-state index contributed by atoms with van der Waals surface area (Å²) in [4.78, 5) is 17.6. The van der Waals surface area contributed by atoms with Crippen molar-refractivity contribution in [3.63, 3.8) is 0 Å². The highest BCUT2D eigenvalue weighted by Gasteiger charge is 2.09. The van der Waals surface area contributed by atoms with Crippen molar-refractivity contribution in [2.45, 2.75) is 33.1 Å². The number of hydrogen-bond acceptors (Lipinski definition) is 2. The number of rotatable bonds is 6. The minimum Gasteiger partial charge on any atom is -0.342 e. The van der Waals surface area contributed by atoms with Gasteiger partial charge >= 0.3 is 0 Å². The second-order valence-electron chi connectivity index (χ2n) is 3.85. The lowest BCUT2D eigenvalue weighted by atomic mass is 10.2. The Bertz CT molecular complexity index is 311. The molecule has 0 radical (unpaired) electrons. The van der Waals surface area contributed by atoms with Gasteiger partial charge in [0.1, 0.15) is 0 Å². The van der Waals surface area contributed by atoms with Crippen molar-refractivity contribution in [1.82, 2.24) is 9.88 Å². The zero-order valence-corrected chi connectivity index (χ0v) is 10.1. The van der Waals surface area contributed by atoms with Crippen LogP contribution in [0.5, 0.6) is 0 Å². The first-order valence-electron chi connectivity index (χ1n) is 5.94. The summed E-state index contributed by atoms with van der Waals surface area (Å²) in [6.45, 7) is 5.66. The summed E-state index contributed by atoms with van der Waals surface area (Å²) in [5.41, 5.74) is 1.19. The average molecular weight is 220 g/mol. The number of aromatic nitrogens is 1. The molecule has 0 aromatic carbocycles. The highest BCUT2D eigenvalue weighted by Crippen LogP contribution is 2.02. The Morgan fingerprint density at radius 2 is 2.19 bits per heavy atom. The predicted octanol–water partition coefficient (Wildman–Crippen LogP) is 2.27. The van der Waals surface area contributed by atoms with Crippen molar-refractivity contribution >= 4 is 5.91 Å².